The van der Waals surface area contributed by atoms with Crippen molar-refractivity contribution in [3.63, 3.8) is 0 Å². The van der Waals surface area contributed by atoms with Crippen LogP contribution >= 0.6 is 0 Å². The zero-order valence-corrected chi connectivity index (χ0v) is 12.9. The molecule has 0 aliphatic heterocycles. The van der Waals surface area contributed by atoms with E-state index in [4.69, 9.17) is 15.7 Å². The first kappa shape index (κ1) is 17.3. The van der Waals surface area contributed by atoms with E-state index in [0.717, 1.165) is 0 Å². The zero-order chi connectivity index (χ0) is 15.8. The summed E-state index contributed by atoms with van der Waals surface area (Å²) in [6, 6.07) is 2.17. The quantitative estimate of drug-likeness (QED) is 0.846. The molecule has 0 aromatic rings. The average Bonchev–Trinajstić information content (AvgIpc) is 2.44. The van der Waals surface area contributed by atoms with Gasteiger partial charge in [0.1, 0.15) is 5.83 Å². The predicted octanol–water partition coefficient (Wildman–Crippen LogP) is 2.86. The van der Waals surface area contributed by atoms with E-state index in [-0.39, 0.29) is 23.8 Å². The fourth-order valence-corrected chi connectivity index (χ4v) is 2.15. The van der Waals surface area contributed by atoms with Crippen LogP contribution in [0.4, 0.5) is 4.39 Å². The van der Waals surface area contributed by atoms with Crippen molar-refractivity contribution >= 4 is 0 Å². The first-order valence-electron chi connectivity index (χ1n) is 7.13. The molecular formula is C16H24FN3O. The van der Waals surface area contributed by atoms with Crippen molar-refractivity contribution in [2.24, 2.45) is 11.7 Å². The first-order chi connectivity index (χ1) is 9.93. The molecule has 0 saturated heterocycles. The van der Waals surface area contributed by atoms with Crippen molar-refractivity contribution in [2.45, 2.75) is 38.4 Å². The number of allylic oxidation sites excluding steroid dienone is 3. The molecule has 0 amide bonds. The van der Waals surface area contributed by atoms with Gasteiger partial charge in [0.2, 0.25) is 0 Å². The third kappa shape index (κ3) is 6.01. The lowest BCUT2D eigenvalue weighted by Gasteiger charge is -2.26. The number of hydrogen-bond donors (Lipinski definition) is 1. The lowest BCUT2D eigenvalue weighted by Crippen LogP contribution is -2.27. The summed E-state index contributed by atoms with van der Waals surface area (Å²) in [5.41, 5.74) is 5.89. The Balaban J connectivity index is 2.82. The Morgan fingerprint density at radius 3 is 2.95 bits per heavy atom. The fourth-order valence-electron chi connectivity index (χ4n) is 2.15. The lowest BCUT2D eigenvalue weighted by molar-refractivity contribution is 0.0141. The average molecular weight is 293 g/mol. The Morgan fingerprint density at radius 1 is 1.62 bits per heavy atom. The van der Waals surface area contributed by atoms with Gasteiger partial charge in [0.05, 0.1) is 18.3 Å². The highest BCUT2D eigenvalue weighted by Gasteiger charge is 2.23. The van der Waals surface area contributed by atoms with Gasteiger partial charge < -0.3 is 15.4 Å². The number of nitriles is 1. The molecule has 0 fully saturated rings. The Bertz CT molecular complexity index is 463. The summed E-state index contributed by atoms with van der Waals surface area (Å²) in [7, 11) is 3.86. The van der Waals surface area contributed by atoms with Gasteiger partial charge in [0.25, 0.3) is 0 Å². The van der Waals surface area contributed by atoms with Gasteiger partial charge in [0, 0.05) is 32.1 Å². The van der Waals surface area contributed by atoms with Crippen molar-refractivity contribution in [1.29, 1.82) is 5.26 Å². The molecule has 0 spiro atoms. The second-order valence-corrected chi connectivity index (χ2v) is 5.50. The van der Waals surface area contributed by atoms with E-state index in [0.29, 0.717) is 19.3 Å². The molecule has 5 heteroatoms. The number of halogens is 1. The smallest absolute Gasteiger partial charge is 0.141 e. The minimum atomic E-state index is -0.407. The van der Waals surface area contributed by atoms with Gasteiger partial charge in [0.15, 0.2) is 0 Å². The Labute approximate surface area is 126 Å². The van der Waals surface area contributed by atoms with E-state index in [1.807, 2.05) is 38.2 Å². The van der Waals surface area contributed by atoms with Crippen LogP contribution in [0, 0.1) is 17.2 Å². The highest BCUT2D eigenvalue weighted by atomic mass is 19.1. The van der Waals surface area contributed by atoms with Crippen LogP contribution in [-0.2, 0) is 4.74 Å². The van der Waals surface area contributed by atoms with E-state index in [9.17, 15) is 4.39 Å². The number of ether oxygens (including phenoxy) is 1. The number of rotatable bonds is 5. The normalized spacial score (nSPS) is 29.5. The molecule has 3 unspecified atom stereocenters. The Kier molecular flexibility index (Phi) is 6.97. The SMILES string of the molecule is CC(/C=C\N(C)C)OC1/C=C\C(F)=C(\N)CCC1CC#N. The molecule has 3 atom stereocenters. The maximum absolute atomic E-state index is 13.6. The third-order valence-corrected chi connectivity index (χ3v) is 3.37. The maximum atomic E-state index is 13.6. The van der Waals surface area contributed by atoms with Crippen LogP contribution in [-0.4, -0.2) is 31.2 Å². The lowest BCUT2D eigenvalue weighted by atomic mass is 9.90. The van der Waals surface area contributed by atoms with Crippen LogP contribution < -0.4 is 5.73 Å². The van der Waals surface area contributed by atoms with Gasteiger partial charge in [-0.2, -0.15) is 5.26 Å². The molecule has 0 radical (unpaired) electrons. The molecule has 1 aliphatic rings. The summed E-state index contributed by atoms with van der Waals surface area (Å²) in [5, 5.41) is 8.96. The molecule has 116 valence electrons. The summed E-state index contributed by atoms with van der Waals surface area (Å²) in [6.07, 6.45) is 7.92. The second kappa shape index (κ2) is 8.48. The zero-order valence-electron chi connectivity index (χ0n) is 12.9. The molecular weight excluding hydrogens is 269 g/mol. The van der Waals surface area contributed by atoms with E-state index < -0.39 is 5.83 Å². The first-order valence-corrected chi connectivity index (χ1v) is 7.13. The van der Waals surface area contributed by atoms with Crippen LogP contribution in [0.1, 0.15) is 26.2 Å². The van der Waals surface area contributed by atoms with Crippen molar-refractivity contribution in [2.75, 3.05) is 14.1 Å². The van der Waals surface area contributed by atoms with Crippen LogP contribution in [0.15, 0.2) is 36.0 Å². The van der Waals surface area contributed by atoms with E-state index in [1.54, 1.807) is 6.08 Å². The molecule has 0 aromatic heterocycles. The summed E-state index contributed by atoms with van der Waals surface area (Å²) >= 11 is 0. The number of nitrogens with two attached hydrogens (primary N) is 1. The summed E-state index contributed by atoms with van der Waals surface area (Å²) in [6.45, 7) is 1.93. The predicted molar refractivity (Wildman–Crippen MR) is 81.6 cm³/mol. The van der Waals surface area contributed by atoms with Crippen molar-refractivity contribution in [3.8, 4) is 6.07 Å². The number of hydrogen-bond acceptors (Lipinski definition) is 4. The van der Waals surface area contributed by atoms with Crippen molar-refractivity contribution in [1.82, 2.24) is 4.90 Å². The van der Waals surface area contributed by atoms with Crippen LogP contribution in [0.5, 0.6) is 0 Å². The summed E-state index contributed by atoms with van der Waals surface area (Å²) in [4.78, 5) is 1.92. The van der Waals surface area contributed by atoms with Gasteiger partial charge >= 0.3 is 0 Å². The molecule has 4 nitrogen and oxygen atoms in total. The van der Waals surface area contributed by atoms with Crippen LogP contribution in [0.3, 0.4) is 0 Å². The topological polar surface area (TPSA) is 62.3 Å². The molecule has 21 heavy (non-hydrogen) atoms. The molecule has 1 rings (SSSR count). The minimum absolute atomic E-state index is 0.0214. The molecule has 0 saturated carbocycles. The van der Waals surface area contributed by atoms with Crippen LogP contribution in [0.25, 0.3) is 0 Å². The Hall–Kier alpha value is -1.80. The van der Waals surface area contributed by atoms with Gasteiger partial charge in [-0.15, -0.1) is 0 Å². The van der Waals surface area contributed by atoms with E-state index in [1.165, 1.54) is 6.08 Å². The number of nitrogens with zero attached hydrogens (tertiary/aromatic N) is 2. The highest BCUT2D eigenvalue weighted by molar-refractivity contribution is 5.20. The van der Waals surface area contributed by atoms with E-state index >= 15 is 0 Å². The highest BCUT2D eigenvalue weighted by Crippen LogP contribution is 2.26. The van der Waals surface area contributed by atoms with Gasteiger partial charge in [-0.05, 0) is 38.1 Å². The van der Waals surface area contributed by atoms with Gasteiger partial charge in [-0.1, -0.05) is 6.08 Å². The second-order valence-electron chi connectivity index (χ2n) is 5.50. The standard InChI is InChI=1S/C16H24FN3O/c1-12(9-11-20(2)3)21-16-7-5-14(17)15(19)6-4-13(16)8-10-18/h5,7,9,11-13,16H,4,6,8,19H2,1-3H3/b7-5-,11-9-,15-14-. The molecule has 2 N–H and O–H groups in total. The molecule has 0 aromatic carbocycles. The summed E-state index contributed by atoms with van der Waals surface area (Å²) in [5.74, 6) is -0.386. The molecule has 1 aliphatic carbocycles. The van der Waals surface area contributed by atoms with E-state index in [2.05, 4.69) is 6.07 Å². The monoisotopic (exact) mass is 293 g/mol. The van der Waals surface area contributed by atoms with Crippen molar-refractivity contribution < 1.29 is 9.13 Å². The van der Waals surface area contributed by atoms with Crippen molar-refractivity contribution in [3.05, 3.63) is 36.0 Å². The Morgan fingerprint density at radius 2 is 2.33 bits per heavy atom. The largest absolute Gasteiger partial charge is 0.400 e. The van der Waals surface area contributed by atoms with Crippen LogP contribution in [0.2, 0.25) is 0 Å². The maximum Gasteiger partial charge on any atom is 0.141 e. The molecule has 0 bridgehead atoms. The van der Waals surface area contributed by atoms with Gasteiger partial charge in [-0.25, -0.2) is 4.39 Å². The summed E-state index contributed by atoms with van der Waals surface area (Å²) < 4.78 is 19.6. The fraction of sp³-hybridized carbons (Fsp3) is 0.562. The van der Waals surface area contributed by atoms with Gasteiger partial charge in [-0.3, -0.25) is 0 Å². The minimum Gasteiger partial charge on any atom is -0.400 e. The molecule has 0 heterocycles. The third-order valence-electron chi connectivity index (χ3n) is 3.37.